The van der Waals surface area contributed by atoms with E-state index in [1.165, 1.54) is 19.3 Å². The van der Waals surface area contributed by atoms with Crippen molar-refractivity contribution in [2.75, 3.05) is 13.6 Å². The predicted octanol–water partition coefficient (Wildman–Crippen LogP) is 5.15. The molecule has 0 radical (unpaired) electrons. The van der Waals surface area contributed by atoms with Gasteiger partial charge in [-0.05, 0) is 64.1 Å². The Morgan fingerprint density at radius 3 is 2.22 bits per heavy atom. The molecular formula is C21H44N2O3Si. The SMILES string of the molecule is CN(CC(N)C[C@@H]1CCCC[C@H]1O[Si](C)(C)C(C)(C)C)C(=O)OC(C)(C)C. The molecule has 0 bridgehead atoms. The van der Waals surface area contributed by atoms with Crippen LogP contribution in [0.4, 0.5) is 4.79 Å². The summed E-state index contributed by atoms with van der Waals surface area (Å²) in [5.41, 5.74) is 5.94. The van der Waals surface area contributed by atoms with Crippen LogP contribution < -0.4 is 5.73 Å². The lowest BCUT2D eigenvalue weighted by atomic mass is 9.82. The third-order valence-corrected chi connectivity index (χ3v) is 10.4. The third-order valence-electron chi connectivity index (χ3n) is 5.91. The van der Waals surface area contributed by atoms with Crippen LogP contribution in [0.25, 0.3) is 0 Å². The van der Waals surface area contributed by atoms with Crippen molar-refractivity contribution in [2.24, 2.45) is 11.7 Å². The zero-order valence-electron chi connectivity index (χ0n) is 19.2. The van der Waals surface area contributed by atoms with Crippen molar-refractivity contribution in [2.45, 2.75) is 110 Å². The Kier molecular flexibility index (Phi) is 8.39. The zero-order chi connectivity index (χ0) is 21.0. The Labute approximate surface area is 168 Å². The highest BCUT2D eigenvalue weighted by Crippen LogP contribution is 2.41. The molecule has 0 aromatic heterocycles. The summed E-state index contributed by atoms with van der Waals surface area (Å²) in [5, 5.41) is 0.216. The number of ether oxygens (including phenoxy) is 1. The predicted molar refractivity (Wildman–Crippen MR) is 115 cm³/mol. The highest BCUT2D eigenvalue weighted by molar-refractivity contribution is 6.74. The molecule has 1 fully saturated rings. The van der Waals surface area contributed by atoms with E-state index >= 15 is 0 Å². The summed E-state index contributed by atoms with van der Waals surface area (Å²) in [6, 6.07) is -0.0591. The molecule has 1 aliphatic rings. The van der Waals surface area contributed by atoms with Crippen molar-refractivity contribution in [3.05, 3.63) is 0 Å². The van der Waals surface area contributed by atoms with Crippen LogP contribution in [0.1, 0.15) is 73.6 Å². The largest absolute Gasteiger partial charge is 0.444 e. The average molecular weight is 401 g/mol. The monoisotopic (exact) mass is 400 g/mol. The van der Waals surface area contributed by atoms with Crippen LogP contribution in [0.2, 0.25) is 18.1 Å². The van der Waals surface area contributed by atoms with E-state index in [1.807, 2.05) is 20.8 Å². The minimum absolute atomic E-state index is 0.0591. The Morgan fingerprint density at radius 2 is 1.70 bits per heavy atom. The number of likely N-dealkylation sites (N-methyl/N-ethyl adjacent to an activating group) is 1. The Hall–Kier alpha value is -0.593. The van der Waals surface area contributed by atoms with Crippen LogP contribution >= 0.6 is 0 Å². The van der Waals surface area contributed by atoms with Gasteiger partial charge < -0.3 is 19.8 Å². The van der Waals surface area contributed by atoms with Crippen LogP contribution in [0.5, 0.6) is 0 Å². The number of carbonyl (C=O) groups is 1. The van der Waals surface area contributed by atoms with Crippen molar-refractivity contribution in [3.8, 4) is 0 Å². The van der Waals surface area contributed by atoms with Crippen molar-refractivity contribution < 1.29 is 14.0 Å². The van der Waals surface area contributed by atoms with Crippen LogP contribution in [0, 0.1) is 5.92 Å². The highest BCUT2D eigenvalue weighted by atomic mass is 28.4. The fraction of sp³-hybridized carbons (Fsp3) is 0.952. The maximum absolute atomic E-state index is 12.2. The van der Waals surface area contributed by atoms with E-state index in [2.05, 4.69) is 33.9 Å². The molecule has 0 aliphatic heterocycles. The summed E-state index contributed by atoms with van der Waals surface area (Å²) in [6.45, 7) is 17.7. The summed E-state index contributed by atoms with van der Waals surface area (Å²) in [7, 11) is -0.0249. The van der Waals surface area contributed by atoms with Gasteiger partial charge in [-0.3, -0.25) is 0 Å². The molecule has 1 amide bonds. The fourth-order valence-corrected chi connectivity index (χ4v) is 4.80. The molecule has 3 atom stereocenters. The summed E-state index contributed by atoms with van der Waals surface area (Å²) < 4.78 is 12.2. The van der Waals surface area contributed by atoms with E-state index in [4.69, 9.17) is 14.9 Å². The fourth-order valence-electron chi connectivity index (χ4n) is 3.38. The standard InChI is InChI=1S/C21H44N2O3Si/c1-20(2,3)25-19(24)23(7)15-17(22)14-16-12-10-11-13-18(16)26-27(8,9)21(4,5)6/h16-18H,10-15,22H2,1-9H3/t16-,17?,18+/m0/s1. The molecule has 2 N–H and O–H groups in total. The van der Waals surface area contributed by atoms with Gasteiger partial charge in [-0.2, -0.15) is 0 Å². The lowest BCUT2D eigenvalue weighted by Gasteiger charge is -2.43. The first-order chi connectivity index (χ1) is 12.1. The van der Waals surface area contributed by atoms with Crippen molar-refractivity contribution in [1.82, 2.24) is 4.90 Å². The summed E-state index contributed by atoms with van der Waals surface area (Å²) >= 11 is 0. The van der Waals surface area contributed by atoms with Crippen LogP contribution in [-0.4, -0.2) is 50.6 Å². The maximum Gasteiger partial charge on any atom is 0.410 e. The Morgan fingerprint density at radius 1 is 1.15 bits per heavy atom. The highest BCUT2D eigenvalue weighted by Gasteiger charge is 2.41. The van der Waals surface area contributed by atoms with Gasteiger partial charge in [0.25, 0.3) is 0 Å². The zero-order valence-corrected chi connectivity index (χ0v) is 20.2. The lowest BCUT2D eigenvalue weighted by Crippen LogP contribution is -2.48. The van der Waals surface area contributed by atoms with Crippen molar-refractivity contribution >= 4 is 14.4 Å². The minimum Gasteiger partial charge on any atom is -0.444 e. The number of hydrogen-bond donors (Lipinski definition) is 1. The molecule has 0 saturated heterocycles. The van der Waals surface area contributed by atoms with Crippen molar-refractivity contribution in [1.29, 1.82) is 0 Å². The summed E-state index contributed by atoms with van der Waals surface area (Å²) in [6.07, 6.45) is 5.68. The molecule has 0 aromatic carbocycles. The smallest absolute Gasteiger partial charge is 0.410 e. The molecule has 6 heteroatoms. The topological polar surface area (TPSA) is 64.8 Å². The summed E-state index contributed by atoms with van der Waals surface area (Å²) in [4.78, 5) is 13.8. The van der Waals surface area contributed by atoms with Gasteiger partial charge in [-0.1, -0.05) is 33.6 Å². The minimum atomic E-state index is -1.79. The quantitative estimate of drug-likeness (QED) is 0.626. The molecule has 1 unspecified atom stereocenters. The van der Waals surface area contributed by atoms with E-state index in [1.54, 1.807) is 11.9 Å². The number of rotatable bonds is 6. The van der Waals surface area contributed by atoms with E-state index in [-0.39, 0.29) is 17.2 Å². The van der Waals surface area contributed by atoms with Gasteiger partial charge in [0.2, 0.25) is 0 Å². The van der Waals surface area contributed by atoms with E-state index in [0.717, 1.165) is 12.8 Å². The number of amides is 1. The van der Waals surface area contributed by atoms with Gasteiger partial charge >= 0.3 is 6.09 Å². The van der Waals surface area contributed by atoms with Crippen LogP contribution in [0.3, 0.4) is 0 Å². The first kappa shape index (κ1) is 24.4. The molecule has 5 nitrogen and oxygen atoms in total. The van der Waals surface area contributed by atoms with Gasteiger partial charge in [-0.15, -0.1) is 0 Å². The number of carbonyl (C=O) groups excluding carboxylic acids is 1. The van der Waals surface area contributed by atoms with Gasteiger partial charge in [0.05, 0.1) is 0 Å². The van der Waals surface area contributed by atoms with Gasteiger partial charge in [0, 0.05) is 25.7 Å². The first-order valence-electron chi connectivity index (χ1n) is 10.5. The second kappa shape index (κ2) is 9.27. The average Bonchev–Trinajstić information content (AvgIpc) is 2.45. The molecule has 0 heterocycles. The molecule has 1 aliphatic carbocycles. The lowest BCUT2D eigenvalue weighted by molar-refractivity contribution is 0.0271. The van der Waals surface area contributed by atoms with E-state index in [9.17, 15) is 4.79 Å². The normalized spacial score (nSPS) is 23.0. The number of hydrogen-bond acceptors (Lipinski definition) is 4. The molecule has 0 aromatic rings. The molecular weight excluding hydrogens is 356 g/mol. The van der Waals surface area contributed by atoms with Gasteiger partial charge in [0.1, 0.15) is 5.60 Å². The third kappa shape index (κ3) is 8.12. The van der Waals surface area contributed by atoms with Gasteiger partial charge in [-0.25, -0.2) is 4.79 Å². The summed E-state index contributed by atoms with van der Waals surface area (Å²) in [5.74, 6) is 0.481. The van der Waals surface area contributed by atoms with Crippen molar-refractivity contribution in [3.63, 3.8) is 0 Å². The number of nitrogens with two attached hydrogens (primary N) is 1. The second-order valence-corrected chi connectivity index (χ2v) is 15.6. The Balaban J connectivity index is 2.64. The number of nitrogens with zero attached hydrogens (tertiary/aromatic N) is 1. The molecule has 27 heavy (non-hydrogen) atoms. The van der Waals surface area contributed by atoms with Crippen LogP contribution in [0.15, 0.2) is 0 Å². The van der Waals surface area contributed by atoms with E-state index in [0.29, 0.717) is 18.6 Å². The van der Waals surface area contributed by atoms with E-state index < -0.39 is 13.9 Å². The van der Waals surface area contributed by atoms with Gasteiger partial charge in [0.15, 0.2) is 8.32 Å². The molecule has 1 rings (SSSR count). The molecule has 160 valence electrons. The molecule has 1 saturated carbocycles. The van der Waals surface area contributed by atoms with Crippen LogP contribution in [-0.2, 0) is 9.16 Å². The molecule has 0 spiro atoms. The maximum atomic E-state index is 12.2. The second-order valence-electron chi connectivity index (χ2n) is 10.8. The first-order valence-corrected chi connectivity index (χ1v) is 13.4. The Bertz CT molecular complexity index is 483.